The molecule has 1 fully saturated rings. The molecule has 1 radical (unpaired) electrons. The lowest BCUT2D eigenvalue weighted by Crippen LogP contribution is -2.28. The van der Waals surface area contributed by atoms with Gasteiger partial charge in [0.05, 0.1) is 0 Å². The zero-order valence-corrected chi connectivity index (χ0v) is 13.0. The van der Waals surface area contributed by atoms with Gasteiger partial charge in [-0.1, -0.05) is 48.5 Å². The predicted molar refractivity (Wildman–Crippen MR) is 85.4 cm³/mol. The van der Waals surface area contributed by atoms with Crippen molar-refractivity contribution in [3.05, 3.63) is 59.7 Å². The van der Waals surface area contributed by atoms with E-state index in [9.17, 15) is 0 Å². The molecule has 1 aliphatic carbocycles. The molecule has 1 saturated heterocycles. The minimum Gasteiger partial charge on any atom is -0.393 e. The first-order valence-electron chi connectivity index (χ1n) is 7.73. The first-order chi connectivity index (χ1) is 10.4. The Labute approximate surface area is 127 Å². The van der Waals surface area contributed by atoms with E-state index in [4.69, 9.17) is 8.85 Å². The fraction of sp³-hybridized carbons (Fsp3) is 0.333. The highest BCUT2D eigenvalue weighted by Gasteiger charge is 2.30. The van der Waals surface area contributed by atoms with Crippen LogP contribution in [0.2, 0.25) is 6.04 Å². The van der Waals surface area contributed by atoms with Crippen molar-refractivity contribution in [2.24, 2.45) is 0 Å². The average Bonchev–Trinajstić information content (AvgIpc) is 2.88. The Kier molecular flexibility index (Phi) is 3.63. The van der Waals surface area contributed by atoms with E-state index in [-0.39, 0.29) is 0 Å². The molecule has 0 aromatic heterocycles. The van der Waals surface area contributed by atoms with Gasteiger partial charge in [0.25, 0.3) is 0 Å². The number of rotatable bonds is 3. The summed E-state index contributed by atoms with van der Waals surface area (Å²) >= 11 is 0. The maximum absolute atomic E-state index is 6.16. The van der Waals surface area contributed by atoms with E-state index in [0.717, 1.165) is 19.3 Å². The van der Waals surface area contributed by atoms with E-state index in [2.05, 4.69) is 48.5 Å². The molecule has 2 nitrogen and oxygen atoms in total. The monoisotopic (exact) mass is 295 g/mol. The summed E-state index contributed by atoms with van der Waals surface area (Å²) in [5.74, 6) is 0.362. The molecule has 0 amide bonds. The smallest absolute Gasteiger partial charge is 0.384 e. The molecule has 107 valence electrons. The van der Waals surface area contributed by atoms with Gasteiger partial charge in [-0.2, -0.15) is 0 Å². The molecule has 2 aliphatic rings. The van der Waals surface area contributed by atoms with Gasteiger partial charge in [-0.05, 0) is 41.1 Å². The van der Waals surface area contributed by atoms with E-state index in [1.54, 1.807) is 0 Å². The van der Waals surface area contributed by atoms with E-state index in [0.29, 0.717) is 5.92 Å². The standard InChI is InChI=1S/C18H19O2Si/c1-3-9-16-14(7-1)15-8-2-4-10-17(15)18(16)13-20-21-12-6-5-11-19-21/h1-4,7-10,18H,5-6,11-13H2. The molecule has 0 N–H and O–H groups in total. The topological polar surface area (TPSA) is 18.5 Å². The molecule has 2 aromatic rings. The largest absolute Gasteiger partial charge is 0.393 e. The van der Waals surface area contributed by atoms with Gasteiger partial charge in [0.15, 0.2) is 0 Å². The second-order valence-electron chi connectivity index (χ2n) is 5.72. The molecule has 0 spiro atoms. The maximum atomic E-state index is 6.16. The van der Waals surface area contributed by atoms with Crippen LogP contribution in [0.4, 0.5) is 0 Å². The van der Waals surface area contributed by atoms with Crippen LogP contribution < -0.4 is 0 Å². The van der Waals surface area contributed by atoms with Crippen molar-refractivity contribution in [2.75, 3.05) is 13.2 Å². The third-order valence-corrected chi connectivity index (χ3v) is 6.19. The second kappa shape index (κ2) is 5.76. The third-order valence-electron chi connectivity index (χ3n) is 4.41. The van der Waals surface area contributed by atoms with Gasteiger partial charge in [-0.25, -0.2) is 0 Å². The Bertz CT molecular complexity index is 589. The van der Waals surface area contributed by atoms with E-state index in [1.807, 2.05) is 0 Å². The summed E-state index contributed by atoms with van der Waals surface area (Å²) in [4.78, 5) is 0. The fourth-order valence-electron chi connectivity index (χ4n) is 3.36. The molecular weight excluding hydrogens is 276 g/mol. The van der Waals surface area contributed by atoms with Crippen LogP contribution in [0.5, 0.6) is 0 Å². The van der Waals surface area contributed by atoms with Crippen LogP contribution in [-0.4, -0.2) is 22.5 Å². The average molecular weight is 295 g/mol. The summed E-state index contributed by atoms with van der Waals surface area (Å²) < 4.78 is 12.0. The Morgan fingerprint density at radius 1 is 0.952 bits per heavy atom. The Balaban J connectivity index is 1.59. The summed E-state index contributed by atoms with van der Waals surface area (Å²) in [6.45, 7) is 1.63. The molecule has 0 unspecified atom stereocenters. The molecule has 1 aliphatic heterocycles. The molecule has 0 saturated carbocycles. The van der Waals surface area contributed by atoms with Crippen LogP contribution in [0, 0.1) is 0 Å². The van der Waals surface area contributed by atoms with Crippen molar-refractivity contribution < 1.29 is 8.85 Å². The second-order valence-corrected chi connectivity index (χ2v) is 7.54. The van der Waals surface area contributed by atoms with Crippen LogP contribution in [-0.2, 0) is 8.85 Å². The zero-order chi connectivity index (χ0) is 14.1. The molecule has 3 heteroatoms. The SMILES string of the molecule is c1ccc2c(c1)-c1ccccc1C2CO[Si]1CCCCO1. The Morgan fingerprint density at radius 2 is 1.62 bits per heavy atom. The Morgan fingerprint density at radius 3 is 2.24 bits per heavy atom. The van der Waals surface area contributed by atoms with E-state index in [1.165, 1.54) is 35.1 Å². The summed E-state index contributed by atoms with van der Waals surface area (Å²) in [6, 6.07) is 18.5. The molecule has 0 atom stereocenters. The summed E-state index contributed by atoms with van der Waals surface area (Å²) in [5.41, 5.74) is 5.53. The highest BCUT2D eigenvalue weighted by atomic mass is 28.3. The predicted octanol–water partition coefficient (Wildman–Crippen LogP) is 4.11. The minimum atomic E-state index is -1.04. The number of hydrogen-bond donors (Lipinski definition) is 0. The van der Waals surface area contributed by atoms with Crippen molar-refractivity contribution in [2.45, 2.75) is 24.8 Å². The lowest BCUT2D eigenvalue weighted by atomic mass is 9.98. The minimum absolute atomic E-state index is 0.362. The van der Waals surface area contributed by atoms with Crippen LogP contribution >= 0.6 is 0 Å². The van der Waals surface area contributed by atoms with Gasteiger partial charge < -0.3 is 8.85 Å². The number of fused-ring (bicyclic) bond motifs is 3. The van der Waals surface area contributed by atoms with E-state index >= 15 is 0 Å². The molecular formula is C18H19O2Si. The van der Waals surface area contributed by atoms with Gasteiger partial charge in [-0.3, -0.25) is 0 Å². The summed E-state index contributed by atoms with van der Waals surface area (Å²) in [7, 11) is -1.04. The Hall–Kier alpha value is -1.42. The van der Waals surface area contributed by atoms with Crippen LogP contribution in [0.1, 0.15) is 29.9 Å². The summed E-state index contributed by atoms with van der Waals surface area (Å²) in [5, 5.41) is 0. The quantitative estimate of drug-likeness (QED) is 0.793. The normalized spacial score (nSPS) is 18.5. The van der Waals surface area contributed by atoms with Gasteiger partial charge >= 0.3 is 9.28 Å². The molecule has 0 bridgehead atoms. The van der Waals surface area contributed by atoms with Crippen molar-refractivity contribution in [1.82, 2.24) is 0 Å². The van der Waals surface area contributed by atoms with Crippen LogP contribution in [0.3, 0.4) is 0 Å². The number of hydrogen-bond acceptors (Lipinski definition) is 2. The van der Waals surface area contributed by atoms with Gasteiger partial charge in [0.2, 0.25) is 0 Å². The van der Waals surface area contributed by atoms with Gasteiger partial charge in [-0.15, -0.1) is 0 Å². The lowest BCUT2D eigenvalue weighted by Gasteiger charge is -2.22. The molecule has 4 rings (SSSR count). The van der Waals surface area contributed by atoms with Crippen molar-refractivity contribution in [1.29, 1.82) is 0 Å². The molecule has 2 aromatic carbocycles. The fourth-order valence-corrected chi connectivity index (χ4v) is 4.99. The highest BCUT2D eigenvalue weighted by molar-refractivity contribution is 6.44. The van der Waals surface area contributed by atoms with Crippen molar-refractivity contribution in [3.8, 4) is 11.1 Å². The lowest BCUT2D eigenvalue weighted by molar-refractivity contribution is 0.173. The van der Waals surface area contributed by atoms with Crippen molar-refractivity contribution >= 4 is 9.28 Å². The van der Waals surface area contributed by atoms with Gasteiger partial charge in [0.1, 0.15) is 0 Å². The van der Waals surface area contributed by atoms with E-state index < -0.39 is 9.28 Å². The molecule has 1 heterocycles. The first kappa shape index (κ1) is 13.3. The first-order valence-corrected chi connectivity index (χ1v) is 9.25. The van der Waals surface area contributed by atoms with Gasteiger partial charge in [0, 0.05) is 19.1 Å². The molecule has 21 heavy (non-hydrogen) atoms. The third kappa shape index (κ3) is 2.46. The highest BCUT2D eigenvalue weighted by Crippen LogP contribution is 2.44. The van der Waals surface area contributed by atoms with Crippen molar-refractivity contribution in [3.63, 3.8) is 0 Å². The number of benzene rings is 2. The maximum Gasteiger partial charge on any atom is 0.384 e. The summed E-state index contributed by atoms with van der Waals surface area (Å²) in [6.07, 6.45) is 2.44. The van der Waals surface area contributed by atoms with Crippen LogP contribution in [0.25, 0.3) is 11.1 Å². The zero-order valence-electron chi connectivity index (χ0n) is 12.0. The van der Waals surface area contributed by atoms with Crippen LogP contribution in [0.15, 0.2) is 48.5 Å².